The van der Waals surface area contributed by atoms with Crippen LogP contribution in [-0.4, -0.2) is 24.0 Å². The molecule has 0 saturated heterocycles. The smallest absolute Gasteiger partial charge is 0.269 e. The van der Waals surface area contributed by atoms with Gasteiger partial charge in [-0.25, -0.2) is 0 Å². The molecule has 0 saturated carbocycles. The molecular formula is C18H18N2O4. The summed E-state index contributed by atoms with van der Waals surface area (Å²) in [6.45, 7) is 2.75. The van der Waals surface area contributed by atoms with Gasteiger partial charge in [0.15, 0.2) is 0 Å². The van der Waals surface area contributed by atoms with Gasteiger partial charge in [0.05, 0.1) is 11.5 Å². The predicted octanol–water partition coefficient (Wildman–Crippen LogP) is 3.11. The number of hydrogen-bond acceptors (Lipinski definition) is 4. The van der Waals surface area contributed by atoms with Crippen molar-refractivity contribution in [1.29, 1.82) is 0 Å². The van der Waals surface area contributed by atoms with Crippen LogP contribution in [-0.2, 0) is 4.79 Å². The summed E-state index contributed by atoms with van der Waals surface area (Å²) >= 11 is 0. The lowest BCUT2D eigenvalue weighted by molar-refractivity contribution is -0.384. The second-order valence-corrected chi connectivity index (χ2v) is 5.14. The lowest BCUT2D eigenvalue weighted by Crippen LogP contribution is -2.26. The van der Waals surface area contributed by atoms with Crippen molar-refractivity contribution in [3.8, 4) is 5.75 Å². The molecule has 0 aliphatic heterocycles. The van der Waals surface area contributed by atoms with E-state index < -0.39 is 4.92 Å². The van der Waals surface area contributed by atoms with Crippen molar-refractivity contribution in [2.45, 2.75) is 6.92 Å². The van der Waals surface area contributed by atoms with E-state index in [0.717, 1.165) is 11.3 Å². The number of nitrogens with one attached hydrogen (secondary N) is 1. The SMILES string of the molecule is Cc1cccc(OCCNC(=O)/C=C/c2ccc([N+](=O)[O-])cc2)c1. The number of carbonyl (C=O) groups is 1. The molecule has 0 heterocycles. The molecule has 0 fully saturated rings. The zero-order chi connectivity index (χ0) is 17.4. The normalized spacial score (nSPS) is 10.5. The van der Waals surface area contributed by atoms with E-state index in [0.29, 0.717) is 18.7 Å². The monoisotopic (exact) mass is 326 g/mol. The summed E-state index contributed by atoms with van der Waals surface area (Å²) in [7, 11) is 0. The van der Waals surface area contributed by atoms with Crippen molar-refractivity contribution < 1.29 is 14.5 Å². The Labute approximate surface area is 139 Å². The Morgan fingerprint density at radius 1 is 1.25 bits per heavy atom. The Bertz CT molecular complexity index is 739. The minimum absolute atomic E-state index is 0.0184. The first-order valence-corrected chi connectivity index (χ1v) is 7.44. The summed E-state index contributed by atoms with van der Waals surface area (Å²) in [6.07, 6.45) is 2.98. The minimum Gasteiger partial charge on any atom is -0.492 e. The van der Waals surface area contributed by atoms with Crippen LogP contribution in [0.25, 0.3) is 6.08 Å². The van der Waals surface area contributed by atoms with E-state index in [4.69, 9.17) is 4.74 Å². The summed E-state index contributed by atoms with van der Waals surface area (Å²) in [5.41, 5.74) is 1.85. The maximum absolute atomic E-state index is 11.7. The van der Waals surface area contributed by atoms with Crippen LogP contribution in [0.3, 0.4) is 0 Å². The predicted molar refractivity (Wildman–Crippen MR) is 91.8 cm³/mol. The topological polar surface area (TPSA) is 81.5 Å². The van der Waals surface area contributed by atoms with Gasteiger partial charge >= 0.3 is 0 Å². The van der Waals surface area contributed by atoms with Crippen molar-refractivity contribution in [3.63, 3.8) is 0 Å². The highest BCUT2D eigenvalue weighted by Crippen LogP contribution is 2.13. The molecule has 0 radical (unpaired) electrons. The highest BCUT2D eigenvalue weighted by Gasteiger charge is 2.02. The Morgan fingerprint density at radius 3 is 2.67 bits per heavy atom. The zero-order valence-corrected chi connectivity index (χ0v) is 13.3. The second kappa shape index (κ2) is 8.47. The molecule has 0 unspecified atom stereocenters. The Balaban J connectivity index is 1.73. The van der Waals surface area contributed by atoms with E-state index in [-0.39, 0.29) is 11.6 Å². The fourth-order valence-electron chi connectivity index (χ4n) is 1.99. The Morgan fingerprint density at radius 2 is 2.00 bits per heavy atom. The second-order valence-electron chi connectivity index (χ2n) is 5.14. The summed E-state index contributed by atoms with van der Waals surface area (Å²) in [5.74, 6) is 0.520. The van der Waals surface area contributed by atoms with E-state index >= 15 is 0 Å². The quantitative estimate of drug-likeness (QED) is 0.367. The van der Waals surface area contributed by atoms with Gasteiger partial charge in [0.1, 0.15) is 12.4 Å². The first-order valence-electron chi connectivity index (χ1n) is 7.44. The van der Waals surface area contributed by atoms with Gasteiger partial charge in [0, 0.05) is 18.2 Å². The molecule has 6 heteroatoms. The van der Waals surface area contributed by atoms with Crippen molar-refractivity contribution in [1.82, 2.24) is 5.32 Å². The number of benzene rings is 2. The van der Waals surface area contributed by atoms with Crippen molar-refractivity contribution in [3.05, 3.63) is 75.8 Å². The Kier molecular flexibility index (Phi) is 6.08. The van der Waals surface area contributed by atoms with Gasteiger partial charge in [0.25, 0.3) is 5.69 Å². The summed E-state index contributed by atoms with van der Waals surface area (Å²) in [5, 5.41) is 13.3. The molecule has 1 N–H and O–H groups in total. The fraction of sp³-hybridized carbons (Fsp3) is 0.167. The van der Waals surface area contributed by atoms with Crippen LogP contribution < -0.4 is 10.1 Å². The summed E-state index contributed by atoms with van der Waals surface area (Å²) in [6, 6.07) is 13.7. The first-order chi connectivity index (χ1) is 11.5. The maximum Gasteiger partial charge on any atom is 0.269 e. The van der Waals surface area contributed by atoms with E-state index in [9.17, 15) is 14.9 Å². The van der Waals surface area contributed by atoms with Gasteiger partial charge in [0.2, 0.25) is 5.91 Å². The number of nitro groups is 1. The molecule has 0 bridgehead atoms. The van der Waals surface area contributed by atoms with Crippen LogP contribution in [0.1, 0.15) is 11.1 Å². The zero-order valence-electron chi connectivity index (χ0n) is 13.3. The van der Waals surface area contributed by atoms with Crippen LogP contribution in [0.15, 0.2) is 54.6 Å². The number of aryl methyl sites for hydroxylation is 1. The number of rotatable bonds is 7. The van der Waals surface area contributed by atoms with Crippen LogP contribution in [0.5, 0.6) is 5.75 Å². The number of ether oxygens (including phenoxy) is 1. The maximum atomic E-state index is 11.7. The average molecular weight is 326 g/mol. The van der Waals surface area contributed by atoms with Gasteiger partial charge < -0.3 is 10.1 Å². The highest BCUT2D eigenvalue weighted by molar-refractivity contribution is 5.91. The number of nitro benzene ring substituents is 1. The molecule has 0 aliphatic rings. The van der Waals surface area contributed by atoms with Crippen molar-refractivity contribution in [2.75, 3.05) is 13.2 Å². The molecule has 0 aliphatic carbocycles. The molecule has 1 amide bonds. The molecular weight excluding hydrogens is 308 g/mol. The van der Waals surface area contributed by atoms with Gasteiger partial charge in [-0.05, 0) is 48.4 Å². The van der Waals surface area contributed by atoms with E-state index in [2.05, 4.69) is 5.32 Å². The largest absolute Gasteiger partial charge is 0.492 e. The van der Waals surface area contributed by atoms with Gasteiger partial charge in [-0.1, -0.05) is 12.1 Å². The first kappa shape index (κ1) is 17.2. The van der Waals surface area contributed by atoms with Gasteiger partial charge in [-0.2, -0.15) is 0 Å². The third-order valence-corrected chi connectivity index (χ3v) is 3.19. The third kappa shape index (κ3) is 5.57. The molecule has 0 atom stereocenters. The standard InChI is InChI=1S/C18H18N2O4/c1-14-3-2-4-17(13-14)24-12-11-19-18(21)10-7-15-5-8-16(9-6-15)20(22)23/h2-10,13H,11-12H2,1H3,(H,19,21)/b10-7+. The highest BCUT2D eigenvalue weighted by atomic mass is 16.6. The summed E-state index contributed by atoms with van der Waals surface area (Å²) in [4.78, 5) is 21.8. The van der Waals surface area contributed by atoms with Crippen LogP contribution in [0.2, 0.25) is 0 Å². The summed E-state index contributed by atoms with van der Waals surface area (Å²) < 4.78 is 5.53. The van der Waals surface area contributed by atoms with Gasteiger partial charge in [-0.15, -0.1) is 0 Å². The number of carbonyl (C=O) groups excluding carboxylic acids is 1. The molecule has 24 heavy (non-hydrogen) atoms. The lowest BCUT2D eigenvalue weighted by atomic mass is 10.2. The number of non-ortho nitro benzene ring substituents is 1. The molecule has 2 aromatic rings. The van der Waals surface area contributed by atoms with E-state index in [1.165, 1.54) is 18.2 Å². The van der Waals surface area contributed by atoms with Crippen LogP contribution in [0.4, 0.5) is 5.69 Å². The van der Waals surface area contributed by atoms with Crippen LogP contribution in [0, 0.1) is 17.0 Å². The number of hydrogen-bond donors (Lipinski definition) is 1. The van der Waals surface area contributed by atoms with Gasteiger partial charge in [-0.3, -0.25) is 14.9 Å². The molecule has 2 rings (SSSR count). The fourth-order valence-corrected chi connectivity index (χ4v) is 1.99. The molecule has 0 spiro atoms. The van der Waals surface area contributed by atoms with E-state index in [1.807, 2.05) is 31.2 Å². The van der Waals surface area contributed by atoms with Crippen molar-refractivity contribution >= 4 is 17.7 Å². The molecule has 6 nitrogen and oxygen atoms in total. The Hall–Kier alpha value is -3.15. The molecule has 0 aromatic heterocycles. The average Bonchev–Trinajstić information content (AvgIpc) is 2.57. The van der Waals surface area contributed by atoms with Crippen LogP contribution >= 0.6 is 0 Å². The number of nitrogens with zero attached hydrogens (tertiary/aromatic N) is 1. The van der Waals surface area contributed by atoms with Crippen molar-refractivity contribution in [2.24, 2.45) is 0 Å². The van der Waals surface area contributed by atoms with E-state index in [1.54, 1.807) is 18.2 Å². The third-order valence-electron chi connectivity index (χ3n) is 3.19. The molecule has 124 valence electrons. The molecule has 2 aromatic carbocycles. The lowest BCUT2D eigenvalue weighted by Gasteiger charge is -2.07. The number of amides is 1. The minimum atomic E-state index is -0.464.